The quantitative estimate of drug-likeness (QED) is 0.627. The zero-order valence-corrected chi connectivity index (χ0v) is 19.0. The van der Waals surface area contributed by atoms with Crippen molar-refractivity contribution in [3.63, 3.8) is 0 Å². The number of hydrogen-bond donors (Lipinski definition) is 0. The Hall–Kier alpha value is -3.29. The molecule has 0 spiro atoms. The first-order valence-corrected chi connectivity index (χ1v) is 10.4. The second-order valence-corrected chi connectivity index (χ2v) is 9.00. The van der Waals surface area contributed by atoms with Gasteiger partial charge in [0.2, 0.25) is 6.79 Å². The van der Waals surface area contributed by atoms with E-state index in [1.807, 2.05) is 86.3 Å². The van der Waals surface area contributed by atoms with Gasteiger partial charge in [0.15, 0.2) is 11.5 Å². The molecule has 0 saturated heterocycles. The fraction of sp³-hybridized carbons (Fsp3) is 0.435. The number of aryl methyl sites for hydroxylation is 3. The summed E-state index contributed by atoms with van der Waals surface area (Å²) in [4.78, 5) is 15.6. The van der Waals surface area contributed by atoms with Crippen LogP contribution in [0.4, 0.5) is 0 Å². The molecule has 31 heavy (non-hydrogen) atoms. The van der Waals surface area contributed by atoms with Crippen LogP contribution in [0, 0.1) is 13.8 Å². The molecule has 1 aromatic carbocycles. The molecule has 3 heterocycles. The summed E-state index contributed by atoms with van der Waals surface area (Å²) in [6, 6.07) is 9.65. The molecule has 164 valence electrons. The van der Waals surface area contributed by atoms with Gasteiger partial charge in [-0.3, -0.25) is 14.2 Å². The standard InChI is InChI=1S/C23H29N5O3/c1-15-9-18(26(6)24-15)13-27(12-17-7-8-20-21(11-17)31-14-30-20)22(29)19-10-16(2)25-28(19)23(3,4)5/h7-11H,12-14H2,1-6H3. The van der Waals surface area contributed by atoms with Gasteiger partial charge < -0.3 is 14.4 Å². The predicted molar refractivity (Wildman–Crippen MR) is 116 cm³/mol. The lowest BCUT2D eigenvalue weighted by Gasteiger charge is -2.27. The number of aromatic nitrogens is 4. The third-order valence-corrected chi connectivity index (χ3v) is 5.24. The summed E-state index contributed by atoms with van der Waals surface area (Å²) < 4.78 is 14.6. The maximum Gasteiger partial charge on any atom is 0.272 e. The summed E-state index contributed by atoms with van der Waals surface area (Å²) in [6.07, 6.45) is 0. The number of fused-ring (bicyclic) bond motifs is 1. The average molecular weight is 424 g/mol. The van der Waals surface area contributed by atoms with Crippen LogP contribution in [0.1, 0.15) is 53.9 Å². The second kappa shape index (κ2) is 7.76. The minimum absolute atomic E-state index is 0.0768. The number of benzene rings is 1. The third-order valence-electron chi connectivity index (χ3n) is 5.24. The van der Waals surface area contributed by atoms with Gasteiger partial charge in [0.05, 0.1) is 29.2 Å². The maximum atomic E-state index is 13.8. The Morgan fingerprint density at radius 1 is 1.03 bits per heavy atom. The summed E-state index contributed by atoms with van der Waals surface area (Å²) >= 11 is 0. The second-order valence-electron chi connectivity index (χ2n) is 9.00. The molecule has 0 unspecified atom stereocenters. The van der Waals surface area contributed by atoms with Crippen LogP contribution in [-0.4, -0.2) is 37.2 Å². The first kappa shape index (κ1) is 21.0. The van der Waals surface area contributed by atoms with Gasteiger partial charge in [-0.2, -0.15) is 10.2 Å². The van der Waals surface area contributed by atoms with E-state index >= 15 is 0 Å². The van der Waals surface area contributed by atoms with Crippen LogP contribution in [0.2, 0.25) is 0 Å². The summed E-state index contributed by atoms with van der Waals surface area (Å²) in [7, 11) is 1.90. The van der Waals surface area contributed by atoms with Crippen LogP contribution in [0.5, 0.6) is 11.5 Å². The van der Waals surface area contributed by atoms with Gasteiger partial charge in [-0.1, -0.05) is 6.07 Å². The molecule has 0 saturated carbocycles. The highest BCUT2D eigenvalue weighted by Gasteiger charge is 2.27. The predicted octanol–water partition coefficient (Wildman–Crippen LogP) is 3.56. The molecule has 0 fully saturated rings. The van der Waals surface area contributed by atoms with Crippen molar-refractivity contribution in [1.29, 1.82) is 0 Å². The van der Waals surface area contributed by atoms with Crippen molar-refractivity contribution >= 4 is 5.91 Å². The average Bonchev–Trinajstić information content (AvgIpc) is 3.38. The van der Waals surface area contributed by atoms with E-state index in [-0.39, 0.29) is 18.2 Å². The monoisotopic (exact) mass is 423 g/mol. The van der Waals surface area contributed by atoms with Crippen molar-refractivity contribution in [2.45, 2.75) is 53.2 Å². The Bertz CT molecular complexity index is 1120. The summed E-state index contributed by atoms with van der Waals surface area (Å²) in [5.41, 5.74) is 3.93. The lowest BCUT2D eigenvalue weighted by atomic mass is 10.1. The van der Waals surface area contributed by atoms with Crippen molar-refractivity contribution in [3.8, 4) is 11.5 Å². The minimum Gasteiger partial charge on any atom is -0.454 e. The first-order chi connectivity index (χ1) is 14.6. The van der Waals surface area contributed by atoms with E-state index in [1.165, 1.54) is 0 Å². The van der Waals surface area contributed by atoms with E-state index in [2.05, 4.69) is 10.2 Å². The number of carbonyl (C=O) groups is 1. The molecule has 2 aromatic heterocycles. The summed E-state index contributed by atoms with van der Waals surface area (Å²) in [5, 5.41) is 9.02. The van der Waals surface area contributed by atoms with E-state index < -0.39 is 0 Å². The molecule has 1 aliphatic heterocycles. The maximum absolute atomic E-state index is 13.8. The number of carbonyl (C=O) groups excluding carboxylic acids is 1. The van der Waals surface area contributed by atoms with E-state index in [1.54, 1.807) is 0 Å². The van der Waals surface area contributed by atoms with Gasteiger partial charge >= 0.3 is 0 Å². The molecule has 8 nitrogen and oxygen atoms in total. The number of ether oxygens (including phenoxy) is 2. The highest BCUT2D eigenvalue weighted by molar-refractivity contribution is 5.92. The van der Waals surface area contributed by atoms with E-state index in [0.717, 1.165) is 28.4 Å². The summed E-state index contributed by atoms with van der Waals surface area (Å²) in [6.45, 7) is 11.1. The smallest absolute Gasteiger partial charge is 0.272 e. The fourth-order valence-electron chi connectivity index (χ4n) is 3.79. The molecule has 0 atom stereocenters. The molecule has 3 aromatic rings. The van der Waals surface area contributed by atoms with Crippen LogP contribution in [0.15, 0.2) is 30.3 Å². The summed E-state index contributed by atoms with van der Waals surface area (Å²) in [5.74, 6) is 1.36. The van der Waals surface area contributed by atoms with Crippen molar-refractivity contribution in [2.75, 3.05) is 6.79 Å². The molecule has 1 amide bonds. The Balaban J connectivity index is 1.70. The van der Waals surface area contributed by atoms with Crippen molar-refractivity contribution in [3.05, 3.63) is 58.7 Å². The third kappa shape index (κ3) is 4.28. The normalized spacial score (nSPS) is 13.0. The van der Waals surface area contributed by atoms with Crippen molar-refractivity contribution in [2.24, 2.45) is 7.05 Å². The van der Waals surface area contributed by atoms with E-state index in [4.69, 9.17) is 9.47 Å². The highest BCUT2D eigenvalue weighted by atomic mass is 16.7. The van der Waals surface area contributed by atoms with E-state index in [9.17, 15) is 4.79 Å². The van der Waals surface area contributed by atoms with Crippen LogP contribution >= 0.6 is 0 Å². The van der Waals surface area contributed by atoms with Gasteiger partial charge in [-0.05, 0) is 64.4 Å². The van der Waals surface area contributed by atoms with Gasteiger partial charge in [0.1, 0.15) is 5.69 Å². The number of amides is 1. The van der Waals surface area contributed by atoms with Gasteiger partial charge in [-0.25, -0.2) is 0 Å². The topological polar surface area (TPSA) is 74.4 Å². The van der Waals surface area contributed by atoms with Crippen molar-refractivity contribution in [1.82, 2.24) is 24.5 Å². The van der Waals surface area contributed by atoms with Gasteiger partial charge in [0.25, 0.3) is 5.91 Å². The lowest BCUT2D eigenvalue weighted by molar-refractivity contribution is 0.0705. The number of hydrogen-bond acceptors (Lipinski definition) is 5. The molecule has 4 rings (SSSR count). The van der Waals surface area contributed by atoms with Crippen LogP contribution in [0.3, 0.4) is 0 Å². The number of rotatable bonds is 5. The Morgan fingerprint density at radius 2 is 1.74 bits per heavy atom. The first-order valence-electron chi connectivity index (χ1n) is 10.4. The highest BCUT2D eigenvalue weighted by Crippen LogP contribution is 2.33. The van der Waals surface area contributed by atoms with Crippen LogP contribution in [0.25, 0.3) is 0 Å². The van der Waals surface area contributed by atoms with Crippen LogP contribution in [-0.2, 0) is 25.7 Å². The zero-order chi connectivity index (χ0) is 22.3. The zero-order valence-electron chi connectivity index (χ0n) is 19.0. The molecule has 8 heteroatoms. The molecule has 0 aliphatic carbocycles. The Labute approximate surface area is 182 Å². The van der Waals surface area contributed by atoms with Gasteiger partial charge in [-0.15, -0.1) is 0 Å². The Kier molecular flexibility index (Phi) is 5.24. The van der Waals surface area contributed by atoms with Gasteiger partial charge in [0, 0.05) is 13.6 Å². The molecule has 0 radical (unpaired) electrons. The molecule has 1 aliphatic rings. The minimum atomic E-state index is -0.313. The molecular formula is C23H29N5O3. The largest absolute Gasteiger partial charge is 0.454 e. The Morgan fingerprint density at radius 3 is 2.42 bits per heavy atom. The molecule has 0 bridgehead atoms. The fourth-order valence-corrected chi connectivity index (χ4v) is 3.79. The molecular weight excluding hydrogens is 394 g/mol. The van der Waals surface area contributed by atoms with Crippen molar-refractivity contribution < 1.29 is 14.3 Å². The van der Waals surface area contributed by atoms with E-state index in [0.29, 0.717) is 24.5 Å². The SMILES string of the molecule is Cc1cc(CN(Cc2ccc3c(c2)OCO3)C(=O)c2cc(C)nn2C(C)(C)C)n(C)n1. The number of nitrogens with zero attached hydrogens (tertiary/aromatic N) is 5. The van der Waals surface area contributed by atoms with Crippen LogP contribution < -0.4 is 9.47 Å². The lowest BCUT2D eigenvalue weighted by Crippen LogP contribution is -2.35. The molecule has 0 N–H and O–H groups in total.